The van der Waals surface area contributed by atoms with Crippen molar-refractivity contribution in [1.82, 2.24) is 10.3 Å². The molecule has 0 saturated carbocycles. The van der Waals surface area contributed by atoms with Crippen LogP contribution >= 0.6 is 0 Å². The third kappa shape index (κ3) is 3.88. The normalized spacial score (nSPS) is 11.9. The standard InChI is InChI=1S/C21H21N3O2/c1-13-7-8-15(9-14(13)2)10-19(20(22)25)24-21(26)17-11-16-5-3-4-6-18(16)23-12-17/h3-9,11-12,19H,10H2,1-2H3,(H2,22,25)(H,24,26)/t19-/m1/s1. The van der Waals surface area contributed by atoms with Crippen LogP contribution < -0.4 is 11.1 Å². The summed E-state index contributed by atoms with van der Waals surface area (Å²) in [5.41, 5.74) is 9.97. The number of amides is 2. The number of nitrogens with zero attached hydrogens (tertiary/aromatic N) is 1. The van der Waals surface area contributed by atoms with Gasteiger partial charge in [0.2, 0.25) is 5.91 Å². The second-order valence-electron chi connectivity index (χ2n) is 6.47. The van der Waals surface area contributed by atoms with Crippen molar-refractivity contribution in [2.45, 2.75) is 26.3 Å². The van der Waals surface area contributed by atoms with Crippen LogP contribution in [0.4, 0.5) is 0 Å². The summed E-state index contributed by atoms with van der Waals surface area (Å²) in [4.78, 5) is 28.7. The smallest absolute Gasteiger partial charge is 0.253 e. The lowest BCUT2D eigenvalue weighted by molar-refractivity contribution is -0.119. The van der Waals surface area contributed by atoms with Crippen LogP contribution in [0.15, 0.2) is 54.7 Å². The predicted octanol–water partition coefficient (Wildman–Crippen LogP) is 2.68. The lowest BCUT2D eigenvalue weighted by Gasteiger charge is -2.16. The number of pyridine rings is 1. The molecule has 3 aromatic rings. The fraction of sp³-hybridized carbons (Fsp3) is 0.190. The highest BCUT2D eigenvalue weighted by atomic mass is 16.2. The molecule has 1 heterocycles. The molecule has 0 fully saturated rings. The van der Waals surface area contributed by atoms with Crippen LogP contribution in [-0.2, 0) is 11.2 Å². The summed E-state index contributed by atoms with van der Waals surface area (Å²) in [6.07, 6.45) is 1.86. The zero-order valence-electron chi connectivity index (χ0n) is 14.8. The van der Waals surface area contributed by atoms with Gasteiger partial charge in [-0.1, -0.05) is 36.4 Å². The molecular formula is C21H21N3O2. The van der Waals surface area contributed by atoms with Crippen molar-refractivity contribution in [3.8, 4) is 0 Å². The van der Waals surface area contributed by atoms with E-state index in [1.54, 1.807) is 6.07 Å². The number of rotatable bonds is 5. The van der Waals surface area contributed by atoms with Crippen LogP contribution in [0.3, 0.4) is 0 Å². The summed E-state index contributed by atoms with van der Waals surface area (Å²) in [6.45, 7) is 4.04. The molecular weight excluding hydrogens is 326 g/mol. The number of carbonyl (C=O) groups excluding carboxylic acids is 2. The Morgan fingerprint density at radius 1 is 1.08 bits per heavy atom. The third-order valence-electron chi connectivity index (χ3n) is 4.51. The maximum atomic E-state index is 12.6. The Kier molecular flexibility index (Phi) is 4.98. The summed E-state index contributed by atoms with van der Waals surface area (Å²) in [7, 11) is 0. The van der Waals surface area contributed by atoms with E-state index in [1.165, 1.54) is 11.8 Å². The van der Waals surface area contributed by atoms with E-state index in [0.717, 1.165) is 22.0 Å². The van der Waals surface area contributed by atoms with E-state index in [2.05, 4.69) is 10.3 Å². The Morgan fingerprint density at radius 3 is 2.58 bits per heavy atom. The van der Waals surface area contributed by atoms with Gasteiger partial charge >= 0.3 is 0 Å². The van der Waals surface area contributed by atoms with Gasteiger partial charge in [0, 0.05) is 18.0 Å². The molecule has 26 heavy (non-hydrogen) atoms. The van der Waals surface area contributed by atoms with Crippen molar-refractivity contribution < 1.29 is 9.59 Å². The van der Waals surface area contributed by atoms with Crippen molar-refractivity contribution in [1.29, 1.82) is 0 Å². The van der Waals surface area contributed by atoms with Gasteiger partial charge < -0.3 is 11.1 Å². The predicted molar refractivity (Wildman–Crippen MR) is 102 cm³/mol. The van der Waals surface area contributed by atoms with Crippen LogP contribution in [0.2, 0.25) is 0 Å². The molecule has 5 heteroatoms. The minimum absolute atomic E-state index is 0.350. The average Bonchev–Trinajstić information content (AvgIpc) is 2.63. The molecule has 0 aliphatic heterocycles. The van der Waals surface area contributed by atoms with Gasteiger partial charge in [0.1, 0.15) is 6.04 Å². The quantitative estimate of drug-likeness (QED) is 0.744. The second-order valence-corrected chi connectivity index (χ2v) is 6.47. The Labute approximate surface area is 152 Å². The molecule has 3 N–H and O–H groups in total. The van der Waals surface area contributed by atoms with Gasteiger partial charge in [-0.3, -0.25) is 14.6 Å². The van der Waals surface area contributed by atoms with E-state index in [4.69, 9.17) is 5.73 Å². The number of hydrogen-bond donors (Lipinski definition) is 2. The lowest BCUT2D eigenvalue weighted by Crippen LogP contribution is -2.45. The number of benzene rings is 2. The van der Waals surface area contributed by atoms with E-state index < -0.39 is 11.9 Å². The van der Waals surface area contributed by atoms with Gasteiger partial charge in [-0.05, 0) is 42.7 Å². The number of nitrogens with one attached hydrogen (secondary N) is 1. The number of carbonyl (C=O) groups is 2. The summed E-state index contributed by atoms with van der Waals surface area (Å²) < 4.78 is 0. The average molecular weight is 347 g/mol. The van der Waals surface area contributed by atoms with Crippen molar-refractivity contribution >= 4 is 22.7 Å². The van der Waals surface area contributed by atoms with Crippen LogP contribution in [0, 0.1) is 13.8 Å². The van der Waals surface area contributed by atoms with Crippen molar-refractivity contribution in [2.75, 3.05) is 0 Å². The van der Waals surface area contributed by atoms with Crippen molar-refractivity contribution in [3.63, 3.8) is 0 Å². The number of fused-ring (bicyclic) bond motifs is 1. The van der Waals surface area contributed by atoms with E-state index in [1.807, 2.05) is 56.3 Å². The zero-order valence-corrected chi connectivity index (χ0v) is 14.8. The van der Waals surface area contributed by atoms with E-state index in [0.29, 0.717) is 12.0 Å². The maximum absolute atomic E-state index is 12.6. The highest BCUT2D eigenvalue weighted by Crippen LogP contribution is 2.14. The number of aryl methyl sites for hydroxylation is 2. The number of primary amides is 1. The summed E-state index contributed by atoms with van der Waals surface area (Å²) in [5.74, 6) is -0.929. The molecule has 0 unspecified atom stereocenters. The van der Waals surface area contributed by atoms with Crippen molar-refractivity contribution in [3.05, 3.63) is 77.0 Å². The van der Waals surface area contributed by atoms with E-state index >= 15 is 0 Å². The molecule has 2 amide bonds. The fourth-order valence-electron chi connectivity index (χ4n) is 2.83. The first-order chi connectivity index (χ1) is 12.4. The molecule has 1 aromatic heterocycles. The maximum Gasteiger partial charge on any atom is 0.253 e. The molecule has 0 aliphatic carbocycles. The Bertz CT molecular complexity index is 982. The summed E-state index contributed by atoms with van der Waals surface area (Å²) in [5, 5.41) is 3.59. The SMILES string of the molecule is Cc1ccc(C[C@@H](NC(=O)c2cnc3ccccc3c2)C(N)=O)cc1C. The zero-order chi connectivity index (χ0) is 18.7. The Hall–Kier alpha value is -3.21. The first-order valence-corrected chi connectivity index (χ1v) is 8.45. The summed E-state index contributed by atoms with van der Waals surface area (Å²) in [6, 6.07) is 14.5. The largest absolute Gasteiger partial charge is 0.368 e. The lowest BCUT2D eigenvalue weighted by atomic mass is 10.0. The molecule has 0 saturated heterocycles. The topological polar surface area (TPSA) is 85.1 Å². The fourth-order valence-corrected chi connectivity index (χ4v) is 2.83. The monoisotopic (exact) mass is 347 g/mol. The number of aromatic nitrogens is 1. The minimum atomic E-state index is -0.781. The highest BCUT2D eigenvalue weighted by Gasteiger charge is 2.20. The van der Waals surface area contributed by atoms with Gasteiger partial charge in [0.05, 0.1) is 11.1 Å². The third-order valence-corrected chi connectivity index (χ3v) is 4.51. The molecule has 0 radical (unpaired) electrons. The number of nitrogens with two attached hydrogens (primary N) is 1. The first kappa shape index (κ1) is 17.6. The van der Waals surface area contributed by atoms with Gasteiger partial charge in [-0.15, -0.1) is 0 Å². The van der Waals surface area contributed by atoms with Gasteiger partial charge in [0.25, 0.3) is 5.91 Å². The molecule has 2 aromatic carbocycles. The van der Waals surface area contributed by atoms with Crippen LogP contribution in [-0.4, -0.2) is 22.8 Å². The van der Waals surface area contributed by atoms with Crippen LogP contribution in [0.5, 0.6) is 0 Å². The minimum Gasteiger partial charge on any atom is -0.368 e. The van der Waals surface area contributed by atoms with Gasteiger partial charge in [-0.25, -0.2) is 0 Å². The molecule has 0 spiro atoms. The van der Waals surface area contributed by atoms with Crippen LogP contribution in [0.1, 0.15) is 27.0 Å². The number of hydrogen-bond acceptors (Lipinski definition) is 3. The van der Waals surface area contributed by atoms with Crippen molar-refractivity contribution in [2.24, 2.45) is 5.73 Å². The molecule has 0 aliphatic rings. The first-order valence-electron chi connectivity index (χ1n) is 8.45. The second kappa shape index (κ2) is 7.35. The summed E-state index contributed by atoms with van der Waals surface area (Å²) >= 11 is 0. The molecule has 3 rings (SSSR count). The molecule has 1 atom stereocenters. The Balaban J connectivity index is 1.78. The number of para-hydroxylation sites is 1. The van der Waals surface area contributed by atoms with E-state index in [-0.39, 0.29) is 5.91 Å². The van der Waals surface area contributed by atoms with Gasteiger partial charge in [-0.2, -0.15) is 0 Å². The van der Waals surface area contributed by atoms with E-state index in [9.17, 15) is 9.59 Å². The molecule has 0 bridgehead atoms. The van der Waals surface area contributed by atoms with Crippen LogP contribution in [0.25, 0.3) is 10.9 Å². The molecule has 132 valence electrons. The molecule has 5 nitrogen and oxygen atoms in total. The highest BCUT2D eigenvalue weighted by molar-refractivity contribution is 5.99. The van der Waals surface area contributed by atoms with Gasteiger partial charge in [0.15, 0.2) is 0 Å². The Morgan fingerprint density at radius 2 is 1.85 bits per heavy atom.